The molecule has 0 unspecified atom stereocenters. The van der Waals surface area contributed by atoms with Crippen molar-refractivity contribution in [1.29, 1.82) is 0 Å². The van der Waals surface area contributed by atoms with Gasteiger partial charge < -0.3 is 4.57 Å². The summed E-state index contributed by atoms with van der Waals surface area (Å²) in [5.74, 6) is 1.00. The van der Waals surface area contributed by atoms with E-state index in [-0.39, 0.29) is 0 Å². The summed E-state index contributed by atoms with van der Waals surface area (Å²) in [6, 6.07) is 26.2. The van der Waals surface area contributed by atoms with Crippen LogP contribution < -0.4 is 0 Å². The minimum absolute atomic E-state index is 0.915. The molecular formula is C24H23NS. The first-order valence-corrected chi connectivity index (χ1v) is 10.00. The fourth-order valence-electron chi connectivity index (χ4n) is 3.39. The van der Waals surface area contributed by atoms with Crippen molar-refractivity contribution >= 4 is 22.7 Å². The third-order valence-electron chi connectivity index (χ3n) is 4.83. The molecule has 1 aromatic heterocycles. The Labute approximate surface area is 159 Å². The van der Waals surface area contributed by atoms with E-state index in [0.717, 1.165) is 12.3 Å². The molecule has 130 valence electrons. The number of nitrogens with zero attached hydrogens (tertiary/aromatic N) is 1. The van der Waals surface area contributed by atoms with Gasteiger partial charge in [0, 0.05) is 34.3 Å². The smallest absolute Gasteiger partial charge is 0.0495 e. The first-order chi connectivity index (χ1) is 12.7. The van der Waals surface area contributed by atoms with Gasteiger partial charge in [0.2, 0.25) is 0 Å². The van der Waals surface area contributed by atoms with E-state index in [1.165, 1.54) is 38.1 Å². The van der Waals surface area contributed by atoms with Gasteiger partial charge in [0.25, 0.3) is 0 Å². The van der Waals surface area contributed by atoms with Crippen LogP contribution in [-0.4, -0.2) is 4.57 Å². The van der Waals surface area contributed by atoms with Crippen molar-refractivity contribution in [3.8, 4) is 0 Å². The van der Waals surface area contributed by atoms with Crippen molar-refractivity contribution in [1.82, 2.24) is 4.57 Å². The standard InChI is InChI=1S/C24H23NS/c1-18-8-7-10-20(14-18)17-26-24-16-25(23-13-6-5-12-22(23)24)15-21-11-4-3-9-19(21)2/h3-14,16H,15,17H2,1-2H3. The molecule has 1 heterocycles. The fourth-order valence-corrected chi connectivity index (χ4v) is 4.42. The molecule has 0 fully saturated rings. The average molecular weight is 358 g/mol. The summed E-state index contributed by atoms with van der Waals surface area (Å²) in [6.07, 6.45) is 2.32. The predicted molar refractivity (Wildman–Crippen MR) is 113 cm³/mol. The van der Waals surface area contributed by atoms with E-state index in [0.29, 0.717) is 0 Å². The van der Waals surface area contributed by atoms with Crippen molar-refractivity contribution in [2.75, 3.05) is 0 Å². The molecule has 0 spiro atoms. The number of hydrogen-bond acceptors (Lipinski definition) is 1. The highest BCUT2D eigenvalue weighted by molar-refractivity contribution is 7.98. The summed E-state index contributed by atoms with van der Waals surface area (Å²) >= 11 is 1.93. The number of aromatic nitrogens is 1. The number of benzene rings is 3. The maximum absolute atomic E-state index is 2.39. The van der Waals surface area contributed by atoms with Crippen LogP contribution in [0.5, 0.6) is 0 Å². The number of aryl methyl sites for hydroxylation is 2. The first kappa shape index (κ1) is 17.0. The van der Waals surface area contributed by atoms with E-state index >= 15 is 0 Å². The molecule has 0 radical (unpaired) electrons. The Morgan fingerprint density at radius 2 is 1.65 bits per heavy atom. The van der Waals surface area contributed by atoms with Gasteiger partial charge in [-0.25, -0.2) is 0 Å². The highest BCUT2D eigenvalue weighted by Gasteiger charge is 2.10. The van der Waals surface area contributed by atoms with Crippen molar-refractivity contribution in [3.63, 3.8) is 0 Å². The maximum atomic E-state index is 2.39. The van der Waals surface area contributed by atoms with Crippen LogP contribution in [0, 0.1) is 13.8 Å². The molecule has 0 saturated carbocycles. The largest absolute Gasteiger partial charge is 0.342 e. The lowest BCUT2D eigenvalue weighted by atomic mass is 10.1. The Hall–Kier alpha value is -2.45. The topological polar surface area (TPSA) is 4.93 Å². The van der Waals surface area contributed by atoms with Crippen molar-refractivity contribution in [2.45, 2.75) is 31.0 Å². The van der Waals surface area contributed by atoms with E-state index < -0.39 is 0 Å². The normalized spacial score (nSPS) is 11.2. The Morgan fingerprint density at radius 1 is 0.846 bits per heavy atom. The van der Waals surface area contributed by atoms with Crippen LogP contribution in [0.1, 0.15) is 22.3 Å². The second-order valence-electron chi connectivity index (χ2n) is 6.84. The second-order valence-corrected chi connectivity index (χ2v) is 7.86. The summed E-state index contributed by atoms with van der Waals surface area (Å²) < 4.78 is 2.39. The minimum atomic E-state index is 0.915. The van der Waals surface area contributed by atoms with Crippen LogP contribution in [0.15, 0.2) is 83.9 Å². The fraction of sp³-hybridized carbons (Fsp3) is 0.167. The highest BCUT2D eigenvalue weighted by atomic mass is 32.2. The van der Waals surface area contributed by atoms with Gasteiger partial charge in [-0.15, -0.1) is 11.8 Å². The molecule has 4 aromatic rings. The van der Waals surface area contributed by atoms with Crippen molar-refractivity contribution in [2.24, 2.45) is 0 Å². The zero-order chi connectivity index (χ0) is 17.9. The van der Waals surface area contributed by atoms with Gasteiger partial charge in [-0.2, -0.15) is 0 Å². The van der Waals surface area contributed by atoms with E-state index in [1.54, 1.807) is 0 Å². The number of fused-ring (bicyclic) bond motifs is 1. The highest BCUT2D eigenvalue weighted by Crippen LogP contribution is 2.32. The van der Waals surface area contributed by atoms with Gasteiger partial charge in [-0.3, -0.25) is 0 Å². The predicted octanol–water partition coefficient (Wildman–Crippen LogP) is 6.60. The number of rotatable bonds is 5. The Bertz CT molecular complexity index is 1040. The van der Waals surface area contributed by atoms with Gasteiger partial charge in [0.15, 0.2) is 0 Å². The molecule has 0 aliphatic heterocycles. The summed E-state index contributed by atoms with van der Waals surface area (Å²) in [7, 11) is 0. The lowest BCUT2D eigenvalue weighted by Crippen LogP contribution is -1.99. The SMILES string of the molecule is Cc1cccc(CSc2cn(Cc3ccccc3C)c3ccccc23)c1. The van der Waals surface area contributed by atoms with E-state index in [1.807, 2.05) is 11.8 Å². The molecule has 26 heavy (non-hydrogen) atoms. The van der Waals surface area contributed by atoms with Crippen LogP contribution in [0.25, 0.3) is 10.9 Å². The van der Waals surface area contributed by atoms with Gasteiger partial charge in [0.1, 0.15) is 0 Å². The molecule has 2 heteroatoms. The van der Waals surface area contributed by atoms with E-state index in [4.69, 9.17) is 0 Å². The average Bonchev–Trinajstić information content (AvgIpc) is 3.00. The second kappa shape index (κ2) is 7.43. The molecule has 4 rings (SSSR count). The van der Waals surface area contributed by atoms with E-state index in [2.05, 4.69) is 97.4 Å². The molecule has 0 N–H and O–H groups in total. The van der Waals surface area contributed by atoms with Gasteiger partial charge >= 0.3 is 0 Å². The van der Waals surface area contributed by atoms with Gasteiger partial charge in [-0.05, 0) is 36.6 Å². The summed E-state index contributed by atoms with van der Waals surface area (Å²) in [5, 5.41) is 1.35. The molecule has 0 aliphatic rings. The summed E-state index contributed by atoms with van der Waals surface area (Å²) in [5.41, 5.74) is 6.74. The maximum Gasteiger partial charge on any atom is 0.0495 e. The van der Waals surface area contributed by atoms with Crippen LogP contribution in [0.4, 0.5) is 0 Å². The lowest BCUT2D eigenvalue weighted by molar-refractivity contribution is 0.824. The molecular weight excluding hydrogens is 334 g/mol. The summed E-state index contributed by atoms with van der Waals surface area (Å²) in [6.45, 7) is 5.26. The Balaban J connectivity index is 1.64. The Kier molecular flexibility index (Phi) is 4.85. The Morgan fingerprint density at radius 3 is 2.50 bits per heavy atom. The quantitative estimate of drug-likeness (QED) is 0.364. The summed E-state index contributed by atoms with van der Waals surface area (Å²) in [4.78, 5) is 1.36. The molecule has 0 amide bonds. The zero-order valence-corrected chi connectivity index (χ0v) is 16.1. The van der Waals surface area contributed by atoms with Crippen LogP contribution in [-0.2, 0) is 12.3 Å². The van der Waals surface area contributed by atoms with Crippen LogP contribution in [0.2, 0.25) is 0 Å². The molecule has 3 aromatic carbocycles. The number of hydrogen-bond donors (Lipinski definition) is 0. The zero-order valence-electron chi connectivity index (χ0n) is 15.3. The number of para-hydroxylation sites is 1. The third kappa shape index (κ3) is 3.56. The number of thioether (sulfide) groups is 1. The first-order valence-electron chi connectivity index (χ1n) is 9.01. The van der Waals surface area contributed by atoms with Crippen molar-refractivity contribution < 1.29 is 0 Å². The van der Waals surface area contributed by atoms with Gasteiger partial charge in [-0.1, -0.05) is 72.3 Å². The minimum Gasteiger partial charge on any atom is -0.342 e. The molecule has 0 atom stereocenters. The molecule has 0 saturated heterocycles. The lowest BCUT2D eigenvalue weighted by Gasteiger charge is -2.08. The molecule has 0 aliphatic carbocycles. The monoisotopic (exact) mass is 357 g/mol. The van der Waals surface area contributed by atoms with E-state index in [9.17, 15) is 0 Å². The third-order valence-corrected chi connectivity index (χ3v) is 5.94. The molecule has 0 bridgehead atoms. The van der Waals surface area contributed by atoms with Crippen molar-refractivity contribution in [3.05, 3.63) is 101 Å². The van der Waals surface area contributed by atoms with Crippen LogP contribution >= 0.6 is 11.8 Å². The van der Waals surface area contributed by atoms with Gasteiger partial charge in [0.05, 0.1) is 0 Å². The molecule has 1 nitrogen and oxygen atoms in total. The van der Waals surface area contributed by atoms with Crippen LogP contribution in [0.3, 0.4) is 0 Å².